The van der Waals surface area contributed by atoms with Crippen LogP contribution in [0.3, 0.4) is 0 Å². The van der Waals surface area contributed by atoms with Crippen LogP contribution in [0.25, 0.3) is 0 Å². The molecule has 1 aromatic carbocycles. The average molecular weight is 345 g/mol. The van der Waals surface area contributed by atoms with Gasteiger partial charge in [-0.1, -0.05) is 13.0 Å². The lowest BCUT2D eigenvalue weighted by atomic mass is 10.1. The highest BCUT2D eigenvalue weighted by Crippen LogP contribution is 2.28. The Hall–Kier alpha value is -2.57. The molecule has 0 bridgehead atoms. The van der Waals surface area contributed by atoms with Gasteiger partial charge < -0.3 is 19.9 Å². The molecule has 7 heteroatoms. The van der Waals surface area contributed by atoms with Gasteiger partial charge in [0.25, 0.3) is 0 Å². The number of benzene rings is 1. The maximum atomic E-state index is 12.5. The number of hydrogen-bond donors (Lipinski definition) is 1. The molecule has 25 heavy (non-hydrogen) atoms. The van der Waals surface area contributed by atoms with Crippen molar-refractivity contribution in [1.82, 2.24) is 9.80 Å². The molecule has 1 N–H and O–H groups in total. The smallest absolute Gasteiger partial charge is 0.227 e. The van der Waals surface area contributed by atoms with Crippen LogP contribution in [-0.4, -0.2) is 60.3 Å². The van der Waals surface area contributed by atoms with E-state index in [1.807, 2.05) is 13.0 Å². The van der Waals surface area contributed by atoms with Crippen molar-refractivity contribution in [3.05, 3.63) is 23.8 Å². The second-order valence-electron chi connectivity index (χ2n) is 6.27. The van der Waals surface area contributed by atoms with Crippen molar-refractivity contribution in [3.63, 3.8) is 0 Å². The molecule has 0 saturated carbocycles. The summed E-state index contributed by atoms with van der Waals surface area (Å²) < 4.78 is 5.52. The molecule has 1 fully saturated rings. The third kappa shape index (κ3) is 4.10. The zero-order chi connectivity index (χ0) is 17.8. The molecule has 7 nitrogen and oxygen atoms in total. The van der Waals surface area contributed by atoms with Crippen LogP contribution in [0.5, 0.6) is 5.75 Å². The van der Waals surface area contributed by atoms with Gasteiger partial charge in [-0.15, -0.1) is 0 Å². The van der Waals surface area contributed by atoms with Gasteiger partial charge in [0.2, 0.25) is 17.7 Å². The summed E-state index contributed by atoms with van der Waals surface area (Å²) in [4.78, 5) is 39.5. The topological polar surface area (TPSA) is 79.0 Å². The molecule has 0 aliphatic carbocycles. The molecule has 0 aromatic heterocycles. The van der Waals surface area contributed by atoms with Crippen molar-refractivity contribution in [2.75, 3.05) is 38.1 Å². The minimum absolute atomic E-state index is 0.0319. The number of amides is 3. The molecule has 134 valence electrons. The van der Waals surface area contributed by atoms with E-state index in [0.717, 1.165) is 5.56 Å². The Morgan fingerprint density at radius 1 is 1.12 bits per heavy atom. The molecule has 2 aliphatic rings. The summed E-state index contributed by atoms with van der Waals surface area (Å²) in [6.45, 7) is 4.52. The van der Waals surface area contributed by atoms with Gasteiger partial charge in [-0.25, -0.2) is 0 Å². The van der Waals surface area contributed by atoms with Gasteiger partial charge in [-0.2, -0.15) is 0 Å². The maximum Gasteiger partial charge on any atom is 0.227 e. The molecule has 0 atom stereocenters. The number of ether oxygens (including phenoxy) is 1. The van der Waals surface area contributed by atoms with E-state index in [-0.39, 0.29) is 24.1 Å². The number of carbonyl (C=O) groups is 3. The van der Waals surface area contributed by atoms with E-state index < -0.39 is 0 Å². The van der Waals surface area contributed by atoms with Crippen LogP contribution in [0.15, 0.2) is 18.2 Å². The normalized spacial score (nSPS) is 17.2. The fourth-order valence-corrected chi connectivity index (χ4v) is 3.09. The predicted octanol–water partition coefficient (Wildman–Crippen LogP) is 1.03. The summed E-state index contributed by atoms with van der Waals surface area (Å²) in [6, 6.07) is 5.44. The van der Waals surface area contributed by atoms with E-state index in [1.165, 1.54) is 0 Å². The Morgan fingerprint density at radius 3 is 2.48 bits per heavy atom. The van der Waals surface area contributed by atoms with Crippen LogP contribution < -0.4 is 10.1 Å². The third-order valence-corrected chi connectivity index (χ3v) is 4.55. The van der Waals surface area contributed by atoms with Gasteiger partial charge in [0.05, 0.1) is 25.1 Å². The fourth-order valence-electron chi connectivity index (χ4n) is 3.09. The van der Waals surface area contributed by atoms with E-state index in [9.17, 15) is 14.4 Å². The number of hydrogen-bond acceptors (Lipinski definition) is 4. The second kappa shape index (κ2) is 7.55. The van der Waals surface area contributed by atoms with Gasteiger partial charge in [-0.05, 0) is 17.7 Å². The monoisotopic (exact) mass is 345 g/mol. The third-order valence-electron chi connectivity index (χ3n) is 4.55. The number of rotatable bonds is 3. The number of carbonyl (C=O) groups excluding carboxylic acids is 3. The van der Waals surface area contributed by atoms with Crippen LogP contribution >= 0.6 is 0 Å². The van der Waals surface area contributed by atoms with Crippen molar-refractivity contribution in [2.24, 2.45) is 0 Å². The summed E-state index contributed by atoms with van der Waals surface area (Å²) in [5, 5.41) is 2.81. The van der Waals surface area contributed by atoms with Gasteiger partial charge in [0, 0.05) is 32.6 Å². The molecular weight excluding hydrogens is 322 g/mol. The molecule has 0 spiro atoms. The minimum atomic E-state index is -0.0843. The first-order valence-corrected chi connectivity index (χ1v) is 8.68. The van der Waals surface area contributed by atoms with Gasteiger partial charge in [-0.3, -0.25) is 14.4 Å². The molecule has 1 saturated heterocycles. The highest BCUT2D eigenvalue weighted by Gasteiger charge is 2.23. The van der Waals surface area contributed by atoms with Gasteiger partial charge in [0.1, 0.15) is 5.75 Å². The predicted molar refractivity (Wildman–Crippen MR) is 92.3 cm³/mol. The lowest BCUT2D eigenvalue weighted by Crippen LogP contribution is -2.50. The van der Waals surface area contributed by atoms with Crippen molar-refractivity contribution >= 4 is 23.4 Å². The highest BCUT2D eigenvalue weighted by atomic mass is 16.5. The number of piperazine rings is 1. The fraction of sp³-hybridized carbons (Fsp3) is 0.500. The lowest BCUT2D eigenvalue weighted by Gasteiger charge is -2.34. The summed E-state index contributed by atoms with van der Waals surface area (Å²) >= 11 is 0. The van der Waals surface area contributed by atoms with Gasteiger partial charge >= 0.3 is 0 Å². The Morgan fingerprint density at radius 2 is 1.80 bits per heavy atom. The first kappa shape index (κ1) is 17.3. The van der Waals surface area contributed by atoms with E-state index >= 15 is 0 Å². The Labute approximate surface area is 146 Å². The van der Waals surface area contributed by atoms with Crippen molar-refractivity contribution < 1.29 is 19.1 Å². The summed E-state index contributed by atoms with van der Waals surface area (Å²) in [5.74, 6) is 0.714. The number of nitrogens with one attached hydrogen (secondary N) is 1. The first-order valence-electron chi connectivity index (χ1n) is 8.68. The quantitative estimate of drug-likeness (QED) is 0.887. The molecule has 0 radical (unpaired) electrons. The molecular formula is C18H23N3O4. The van der Waals surface area contributed by atoms with E-state index in [1.54, 1.807) is 21.9 Å². The van der Waals surface area contributed by atoms with Gasteiger partial charge in [0.15, 0.2) is 0 Å². The number of fused-ring (bicyclic) bond motifs is 1. The zero-order valence-corrected chi connectivity index (χ0v) is 14.4. The molecule has 3 amide bonds. The highest BCUT2D eigenvalue weighted by molar-refractivity contribution is 5.93. The van der Waals surface area contributed by atoms with E-state index in [0.29, 0.717) is 57.1 Å². The van der Waals surface area contributed by atoms with Crippen molar-refractivity contribution in [1.29, 1.82) is 0 Å². The largest absolute Gasteiger partial charge is 0.491 e. The Bertz CT molecular complexity index is 681. The van der Waals surface area contributed by atoms with E-state index in [4.69, 9.17) is 4.74 Å². The van der Waals surface area contributed by atoms with Crippen LogP contribution in [0.4, 0.5) is 5.69 Å². The SMILES string of the molecule is CCC(=O)N1CCN(C(=O)Cc2ccc3c(c2)NC(=O)CCO3)CC1. The van der Waals surface area contributed by atoms with Crippen molar-refractivity contribution in [3.8, 4) is 5.75 Å². The van der Waals surface area contributed by atoms with Crippen LogP contribution in [0.1, 0.15) is 25.3 Å². The summed E-state index contributed by atoms with van der Waals surface area (Å²) in [7, 11) is 0. The zero-order valence-electron chi connectivity index (χ0n) is 14.4. The molecule has 2 heterocycles. The lowest BCUT2D eigenvalue weighted by molar-refractivity contribution is -0.139. The van der Waals surface area contributed by atoms with Crippen LogP contribution in [0.2, 0.25) is 0 Å². The summed E-state index contributed by atoms with van der Waals surface area (Å²) in [6.07, 6.45) is 1.09. The molecule has 1 aromatic rings. The van der Waals surface area contributed by atoms with Crippen LogP contribution in [-0.2, 0) is 20.8 Å². The van der Waals surface area contributed by atoms with E-state index in [2.05, 4.69) is 5.32 Å². The average Bonchev–Trinajstić information content (AvgIpc) is 2.81. The second-order valence-corrected chi connectivity index (χ2v) is 6.27. The standard InChI is InChI=1S/C18H23N3O4/c1-2-17(23)20-6-8-21(9-7-20)18(24)12-13-3-4-15-14(11-13)19-16(22)5-10-25-15/h3-4,11H,2,5-10,12H2,1H3,(H,19,22). The minimum Gasteiger partial charge on any atom is -0.491 e. The Kier molecular flexibility index (Phi) is 5.21. The maximum absolute atomic E-state index is 12.5. The number of anilines is 1. The first-order chi connectivity index (χ1) is 12.1. The van der Waals surface area contributed by atoms with Crippen LogP contribution in [0, 0.1) is 0 Å². The molecule has 3 rings (SSSR count). The number of nitrogens with zero attached hydrogens (tertiary/aromatic N) is 2. The Balaban J connectivity index is 1.60. The molecule has 0 unspecified atom stereocenters. The van der Waals surface area contributed by atoms with Crippen molar-refractivity contribution in [2.45, 2.75) is 26.2 Å². The molecule has 2 aliphatic heterocycles. The summed E-state index contributed by atoms with van der Waals surface area (Å²) in [5.41, 5.74) is 1.45.